The topological polar surface area (TPSA) is 77.1 Å². The lowest BCUT2D eigenvalue weighted by atomic mass is 9.99. The second-order valence-electron chi connectivity index (χ2n) is 8.75. The normalized spacial score (nSPS) is 18.7. The molecule has 7 nitrogen and oxygen atoms in total. The van der Waals surface area contributed by atoms with E-state index in [1.165, 1.54) is 36.3 Å². The zero-order valence-corrected chi connectivity index (χ0v) is 18.6. The van der Waals surface area contributed by atoms with Crippen LogP contribution in [0.4, 0.5) is 5.69 Å². The second kappa shape index (κ2) is 9.39. The van der Waals surface area contributed by atoms with Crippen LogP contribution in [0.15, 0.2) is 42.5 Å². The highest BCUT2D eigenvalue weighted by atomic mass is 16.2. The number of piperidine rings is 1. The van der Waals surface area contributed by atoms with Crippen molar-refractivity contribution in [3.8, 4) is 11.4 Å². The van der Waals surface area contributed by atoms with Crippen molar-refractivity contribution in [2.75, 3.05) is 18.4 Å². The number of likely N-dealkylation sites (tertiary alicyclic amines) is 1. The molecular formula is C24H31N6O+. The maximum Gasteiger partial charge on any atom is 0.248 e. The number of nitrogens with one attached hydrogen (secondary N) is 2. The average Bonchev–Trinajstić information content (AvgIpc) is 3.22. The molecule has 0 unspecified atom stereocenters. The predicted molar refractivity (Wildman–Crippen MR) is 121 cm³/mol. The van der Waals surface area contributed by atoms with E-state index in [1.54, 1.807) is 4.90 Å². The minimum Gasteiger partial charge on any atom is -0.331 e. The summed E-state index contributed by atoms with van der Waals surface area (Å²) in [5, 5.41) is 15.5. The van der Waals surface area contributed by atoms with Gasteiger partial charge in [0, 0.05) is 16.8 Å². The van der Waals surface area contributed by atoms with Crippen LogP contribution in [0.25, 0.3) is 11.4 Å². The van der Waals surface area contributed by atoms with Crippen LogP contribution < -0.4 is 10.2 Å². The van der Waals surface area contributed by atoms with Crippen LogP contribution in [0.2, 0.25) is 0 Å². The van der Waals surface area contributed by atoms with Gasteiger partial charge in [0.1, 0.15) is 13.1 Å². The minimum atomic E-state index is -0.174. The summed E-state index contributed by atoms with van der Waals surface area (Å²) in [7, 11) is 0. The largest absolute Gasteiger partial charge is 0.331 e. The Labute approximate surface area is 183 Å². The predicted octanol–water partition coefficient (Wildman–Crippen LogP) is 2.41. The molecule has 0 radical (unpaired) electrons. The van der Waals surface area contributed by atoms with Gasteiger partial charge in [0.25, 0.3) is 0 Å². The number of carbonyl (C=O) groups is 1. The lowest BCUT2D eigenvalue weighted by Gasteiger charge is -2.27. The molecule has 0 aliphatic carbocycles. The number of aromatic nitrogens is 4. The van der Waals surface area contributed by atoms with Crippen molar-refractivity contribution in [1.29, 1.82) is 0 Å². The van der Waals surface area contributed by atoms with Crippen LogP contribution in [0, 0.1) is 19.8 Å². The number of quaternary nitrogens is 1. The fourth-order valence-corrected chi connectivity index (χ4v) is 4.04. The highest BCUT2D eigenvalue weighted by Crippen LogP contribution is 2.18. The molecular weight excluding hydrogens is 388 g/mol. The minimum absolute atomic E-state index is 0.0230. The molecule has 1 amide bonds. The highest BCUT2D eigenvalue weighted by Gasteiger charge is 2.19. The molecule has 2 aromatic carbocycles. The van der Waals surface area contributed by atoms with Crippen molar-refractivity contribution in [2.24, 2.45) is 5.92 Å². The number of amides is 1. The lowest BCUT2D eigenvalue weighted by Crippen LogP contribution is -3.11. The molecule has 1 aromatic heterocycles. The highest BCUT2D eigenvalue weighted by molar-refractivity contribution is 5.91. The SMILES string of the molecule is Cc1cccc(NC(=O)Cn2nnc(-c3ccc(C[NH+]4CCC(C)CC4)cc3)n2)c1C. The van der Waals surface area contributed by atoms with Gasteiger partial charge in [-0.15, -0.1) is 10.2 Å². The van der Waals surface area contributed by atoms with E-state index in [-0.39, 0.29) is 12.5 Å². The Kier molecular flexibility index (Phi) is 6.42. The molecule has 0 atom stereocenters. The number of hydrogen-bond donors (Lipinski definition) is 2. The van der Waals surface area contributed by atoms with Gasteiger partial charge in [0.15, 0.2) is 0 Å². The molecule has 3 aromatic rings. The molecule has 0 bridgehead atoms. The zero-order valence-electron chi connectivity index (χ0n) is 18.6. The third kappa shape index (κ3) is 5.35. The number of aryl methyl sites for hydroxylation is 1. The molecule has 2 heterocycles. The molecule has 2 N–H and O–H groups in total. The first-order valence-corrected chi connectivity index (χ1v) is 11.0. The molecule has 162 valence electrons. The van der Waals surface area contributed by atoms with Crippen molar-refractivity contribution in [1.82, 2.24) is 20.2 Å². The van der Waals surface area contributed by atoms with Crippen LogP contribution in [-0.4, -0.2) is 39.2 Å². The molecule has 31 heavy (non-hydrogen) atoms. The summed E-state index contributed by atoms with van der Waals surface area (Å²) in [4.78, 5) is 15.4. The summed E-state index contributed by atoms with van der Waals surface area (Å²) in [5.41, 5.74) is 5.25. The third-order valence-electron chi connectivity index (χ3n) is 6.26. The second-order valence-corrected chi connectivity index (χ2v) is 8.75. The number of carbonyl (C=O) groups excluding carboxylic acids is 1. The van der Waals surface area contributed by atoms with E-state index in [0.717, 1.165) is 34.8 Å². The maximum atomic E-state index is 12.4. The summed E-state index contributed by atoms with van der Waals surface area (Å²) in [6.45, 7) is 9.95. The molecule has 1 aliphatic heterocycles. The van der Waals surface area contributed by atoms with Crippen molar-refractivity contribution >= 4 is 11.6 Å². The molecule has 1 saturated heterocycles. The van der Waals surface area contributed by atoms with Gasteiger partial charge in [-0.05, 0) is 55.0 Å². The Bertz CT molecular complexity index is 1030. The van der Waals surface area contributed by atoms with Gasteiger partial charge in [0.05, 0.1) is 13.1 Å². The van der Waals surface area contributed by atoms with E-state index in [0.29, 0.717) is 5.82 Å². The molecule has 1 aliphatic rings. The number of rotatable bonds is 6. The Morgan fingerprint density at radius 1 is 1.13 bits per heavy atom. The summed E-state index contributed by atoms with van der Waals surface area (Å²) < 4.78 is 0. The number of anilines is 1. The van der Waals surface area contributed by atoms with Crippen LogP contribution >= 0.6 is 0 Å². The van der Waals surface area contributed by atoms with Crippen molar-refractivity contribution in [3.63, 3.8) is 0 Å². The van der Waals surface area contributed by atoms with E-state index < -0.39 is 0 Å². The van der Waals surface area contributed by atoms with E-state index >= 15 is 0 Å². The zero-order chi connectivity index (χ0) is 21.8. The van der Waals surface area contributed by atoms with Gasteiger partial charge in [-0.25, -0.2) is 0 Å². The van der Waals surface area contributed by atoms with Crippen LogP contribution in [0.1, 0.15) is 36.5 Å². The van der Waals surface area contributed by atoms with Crippen molar-refractivity contribution in [3.05, 3.63) is 59.2 Å². The Balaban J connectivity index is 1.35. The van der Waals surface area contributed by atoms with Gasteiger partial charge >= 0.3 is 0 Å². The average molecular weight is 420 g/mol. The third-order valence-corrected chi connectivity index (χ3v) is 6.26. The van der Waals surface area contributed by atoms with Gasteiger partial charge in [-0.3, -0.25) is 4.79 Å². The smallest absolute Gasteiger partial charge is 0.248 e. The van der Waals surface area contributed by atoms with Crippen molar-refractivity contribution < 1.29 is 9.69 Å². The van der Waals surface area contributed by atoms with E-state index in [1.807, 2.05) is 44.2 Å². The standard InChI is InChI=1S/C24H30N6O/c1-17-11-13-29(14-12-17)15-20-7-9-21(10-8-20)24-26-28-30(27-24)16-23(31)25-22-6-4-5-18(2)19(22)3/h4-10,17H,11-16H2,1-3H3,(H,25,31)/p+1. The van der Waals surface area contributed by atoms with Crippen LogP contribution in [0.5, 0.6) is 0 Å². The summed E-state index contributed by atoms with van der Waals surface area (Å²) in [6, 6.07) is 14.2. The van der Waals surface area contributed by atoms with E-state index in [2.05, 4.69) is 39.8 Å². The Morgan fingerprint density at radius 2 is 1.87 bits per heavy atom. The fraction of sp³-hybridized carbons (Fsp3) is 0.417. The van der Waals surface area contributed by atoms with Gasteiger partial charge in [0.2, 0.25) is 11.7 Å². The van der Waals surface area contributed by atoms with E-state index in [4.69, 9.17) is 0 Å². The molecule has 0 spiro atoms. The summed E-state index contributed by atoms with van der Waals surface area (Å²) in [6.07, 6.45) is 2.63. The Morgan fingerprint density at radius 3 is 2.61 bits per heavy atom. The van der Waals surface area contributed by atoms with Crippen LogP contribution in [0.3, 0.4) is 0 Å². The lowest BCUT2D eigenvalue weighted by molar-refractivity contribution is -0.919. The van der Waals surface area contributed by atoms with E-state index in [9.17, 15) is 4.79 Å². The van der Waals surface area contributed by atoms with Gasteiger partial charge in [-0.1, -0.05) is 43.3 Å². The van der Waals surface area contributed by atoms with Crippen LogP contribution in [-0.2, 0) is 17.9 Å². The number of benzene rings is 2. The number of nitrogens with zero attached hydrogens (tertiary/aromatic N) is 4. The maximum absolute atomic E-state index is 12.4. The Hall–Kier alpha value is -3.06. The van der Waals surface area contributed by atoms with Gasteiger partial charge < -0.3 is 10.2 Å². The quantitative estimate of drug-likeness (QED) is 0.643. The summed E-state index contributed by atoms with van der Waals surface area (Å²) >= 11 is 0. The number of tetrazole rings is 1. The first-order chi connectivity index (χ1) is 15.0. The molecule has 0 saturated carbocycles. The first-order valence-electron chi connectivity index (χ1n) is 11.0. The summed E-state index contributed by atoms with van der Waals surface area (Å²) in [5.74, 6) is 1.22. The molecule has 4 rings (SSSR count). The fourth-order valence-electron chi connectivity index (χ4n) is 4.04. The van der Waals surface area contributed by atoms with Gasteiger partial charge in [-0.2, -0.15) is 4.80 Å². The molecule has 1 fully saturated rings. The monoisotopic (exact) mass is 419 g/mol. The first kappa shape index (κ1) is 21.2. The molecule has 7 heteroatoms. The number of hydrogen-bond acceptors (Lipinski definition) is 4. The van der Waals surface area contributed by atoms with Crippen molar-refractivity contribution in [2.45, 2.75) is 46.7 Å².